The maximum absolute atomic E-state index is 12.5. The fraction of sp³-hybridized carbons (Fsp3) is 0.500. The molecule has 1 unspecified atom stereocenters. The number of aromatic amines is 1. The average Bonchev–Trinajstić information content (AvgIpc) is 3.20. The normalized spacial score (nSPS) is 16.3. The minimum atomic E-state index is -0.165. The van der Waals surface area contributed by atoms with Crippen LogP contribution in [-0.2, 0) is 11.3 Å². The van der Waals surface area contributed by atoms with Crippen LogP contribution in [0.4, 0.5) is 0 Å². The number of ether oxygens (including phenoxy) is 2. The van der Waals surface area contributed by atoms with Gasteiger partial charge in [0.05, 0.1) is 25.9 Å². The highest BCUT2D eigenvalue weighted by Gasteiger charge is 2.18. The monoisotopic (exact) mass is 405 g/mol. The molecule has 0 aliphatic carbocycles. The molecule has 3 rings (SSSR count). The second kappa shape index (κ2) is 9.86. The number of fused-ring (bicyclic) bond motifs is 1. The molecular weight excluding hydrogens is 378 g/mol. The summed E-state index contributed by atoms with van der Waals surface area (Å²) < 4.78 is 11.1. The summed E-state index contributed by atoms with van der Waals surface area (Å²) in [5.74, 6) is 0.758. The number of thiocarbonyl (C=S) groups is 1. The molecular formula is C20H27N3O4S. The Kier molecular flexibility index (Phi) is 7.24. The van der Waals surface area contributed by atoms with Crippen molar-refractivity contribution in [3.05, 3.63) is 40.2 Å². The van der Waals surface area contributed by atoms with Gasteiger partial charge in [-0.15, -0.1) is 0 Å². The summed E-state index contributed by atoms with van der Waals surface area (Å²) >= 11 is 5.48. The van der Waals surface area contributed by atoms with Gasteiger partial charge in [0, 0.05) is 36.2 Å². The number of pyridine rings is 1. The minimum Gasteiger partial charge on any atom is -0.494 e. The van der Waals surface area contributed by atoms with E-state index in [2.05, 4.69) is 10.3 Å². The molecule has 2 heterocycles. The second-order valence-electron chi connectivity index (χ2n) is 6.77. The lowest BCUT2D eigenvalue weighted by Gasteiger charge is -2.26. The van der Waals surface area contributed by atoms with Gasteiger partial charge in [-0.1, -0.05) is 0 Å². The first kappa shape index (κ1) is 20.6. The van der Waals surface area contributed by atoms with Crippen molar-refractivity contribution in [1.29, 1.82) is 0 Å². The molecule has 1 aromatic heterocycles. The van der Waals surface area contributed by atoms with E-state index in [1.54, 1.807) is 4.90 Å². The number of aliphatic hydroxyl groups excluding tert-OH is 1. The summed E-state index contributed by atoms with van der Waals surface area (Å²) in [7, 11) is 0. The molecule has 0 radical (unpaired) electrons. The van der Waals surface area contributed by atoms with E-state index in [0.29, 0.717) is 36.9 Å². The predicted molar refractivity (Wildman–Crippen MR) is 113 cm³/mol. The van der Waals surface area contributed by atoms with Gasteiger partial charge in [-0.3, -0.25) is 4.79 Å². The van der Waals surface area contributed by atoms with Crippen LogP contribution in [0.15, 0.2) is 29.1 Å². The van der Waals surface area contributed by atoms with E-state index in [-0.39, 0.29) is 18.3 Å². The first-order valence-corrected chi connectivity index (χ1v) is 10.1. The van der Waals surface area contributed by atoms with Crippen LogP contribution >= 0.6 is 12.2 Å². The molecule has 1 aliphatic heterocycles. The van der Waals surface area contributed by atoms with Crippen LogP contribution < -0.4 is 15.6 Å². The Hall–Kier alpha value is -2.16. The quantitative estimate of drug-likeness (QED) is 0.577. The summed E-state index contributed by atoms with van der Waals surface area (Å²) in [6.07, 6.45) is 2.24. The molecule has 0 bridgehead atoms. The Morgan fingerprint density at radius 3 is 3.04 bits per heavy atom. The third-order valence-electron chi connectivity index (χ3n) is 4.73. The van der Waals surface area contributed by atoms with Crippen LogP contribution in [0.5, 0.6) is 5.75 Å². The standard InChI is InChI=1S/C20H27N3O4S/c1-2-26-16-5-6-18-14(11-16)10-15(19(25)22-18)13-23(7-8-24)20(28)21-12-17-4-3-9-27-17/h5-6,10-11,17,24H,2-4,7-9,12-13H2,1H3,(H,21,28)(H,22,25). The van der Waals surface area contributed by atoms with Gasteiger partial charge in [0.15, 0.2) is 5.11 Å². The van der Waals surface area contributed by atoms with E-state index in [0.717, 1.165) is 36.1 Å². The molecule has 28 heavy (non-hydrogen) atoms. The smallest absolute Gasteiger partial charge is 0.253 e. The Labute approximate surface area is 169 Å². The van der Waals surface area contributed by atoms with Crippen LogP contribution in [0.1, 0.15) is 25.3 Å². The molecule has 8 heteroatoms. The van der Waals surface area contributed by atoms with Crippen molar-refractivity contribution in [3.8, 4) is 5.75 Å². The van der Waals surface area contributed by atoms with Crippen LogP contribution in [0, 0.1) is 0 Å². The fourth-order valence-corrected chi connectivity index (χ4v) is 3.54. The van der Waals surface area contributed by atoms with Crippen molar-refractivity contribution in [2.24, 2.45) is 0 Å². The van der Waals surface area contributed by atoms with Gasteiger partial charge in [0.1, 0.15) is 5.75 Å². The van der Waals surface area contributed by atoms with Gasteiger partial charge in [0.2, 0.25) is 0 Å². The van der Waals surface area contributed by atoms with E-state index in [4.69, 9.17) is 21.7 Å². The molecule has 2 aromatic rings. The molecule has 0 amide bonds. The van der Waals surface area contributed by atoms with Gasteiger partial charge >= 0.3 is 0 Å². The SMILES string of the molecule is CCOc1ccc2[nH]c(=O)c(CN(CCO)C(=S)NCC3CCCO3)cc2c1. The van der Waals surface area contributed by atoms with Gasteiger partial charge in [-0.25, -0.2) is 0 Å². The number of H-pyrrole nitrogens is 1. The Morgan fingerprint density at radius 1 is 1.46 bits per heavy atom. The number of nitrogens with one attached hydrogen (secondary N) is 2. The maximum atomic E-state index is 12.5. The highest BCUT2D eigenvalue weighted by atomic mass is 32.1. The molecule has 7 nitrogen and oxygen atoms in total. The lowest BCUT2D eigenvalue weighted by atomic mass is 10.1. The van der Waals surface area contributed by atoms with E-state index in [9.17, 15) is 9.90 Å². The third kappa shape index (κ3) is 5.21. The molecule has 1 atom stereocenters. The Balaban J connectivity index is 1.75. The molecule has 0 spiro atoms. The van der Waals surface area contributed by atoms with Crippen LogP contribution in [-0.4, -0.2) is 59.1 Å². The third-order valence-corrected chi connectivity index (χ3v) is 5.13. The molecule has 1 aliphatic rings. The molecule has 3 N–H and O–H groups in total. The van der Waals surface area contributed by atoms with Crippen molar-refractivity contribution < 1.29 is 14.6 Å². The summed E-state index contributed by atoms with van der Waals surface area (Å²) in [5.41, 5.74) is 1.17. The maximum Gasteiger partial charge on any atom is 0.253 e. The van der Waals surface area contributed by atoms with Crippen LogP contribution in [0.2, 0.25) is 0 Å². The zero-order valence-corrected chi connectivity index (χ0v) is 16.9. The van der Waals surface area contributed by atoms with Crippen molar-refractivity contribution in [2.45, 2.75) is 32.4 Å². The lowest BCUT2D eigenvalue weighted by molar-refractivity contribution is 0.113. The number of benzene rings is 1. The van der Waals surface area contributed by atoms with Crippen LogP contribution in [0.3, 0.4) is 0 Å². The zero-order valence-electron chi connectivity index (χ0n) is 16.1. The van der Waals surface area contributed by atoms with Gasteiger partial charge < -0.3 is 29.8 Å². The number of hydrogen-bond donors (Lipinski definition) is 3. The van der Waals surface area contributed by atoms with Crippen molar-refractivity contribution in [2.75, 3.05) is 32.9 Å². The Bertz CT molecular complexity index is 864. The predicted octanol–water partition coefficient (Wildman–Crippen LogP) is 1.77. The average molecular weight is 406 g/mol. The zero-order chi connectivity index (χ0) is 19.9. The van der Waals surface area contributed by atoms with E-state index in [1.165, 1.54) is 0 Å². The minimum absolute atomic E-state index is 0.0538. The largest absolute Gasteiger partial charge is 0.494 e. The number of aromatic nitrogens is 1. The molecule has 152 valence electrons. The molecule has 0 saturated carbocycles. The van der Waals surface area contributed by atoms with Crippen molar-refractivity contribution in [1.82, 2.24) is 15.2 Å². The van der Waals surface area contributed by atoms with E-state index >= 15 is 0 Å². The van der Waals surface area contributed by atoms with Crippen LogP contribution in [0.25, 0.3) is 10.9 Å². The fourth-order valence-electron chi connectivity index (χ4n) is 3.30. The summed E-state index contributed by atoms with van der Waals surface area (Å²) in [6.45, 7) is 4.52. The second-order valence-corrected chi connectivity index (χ2v) is 7.16. The number of nitrogens with zero attached hydrogens (tertiary/aromatic N) is 1. The number of hydrogen-bond acceptors (Lipinski definition) is 5. The summed E-state index contributed by atoms with van der Waals surface area (Å²) in [6, 6.07) is 7.43. The summed E-state index contributed by atoms with van der Waals surface area (Å²) in [5, 5.41) is 14.0. The number of rotatable bonds is 8. The van der Waals surface area contributed by atoms with Gasteiger partial charge in [-0.05, 0) is 56.2 Å². The Morgan fingerprint density at radius 2 is 2.32 bits per heavy atom. The van der Waals surface area contributed by atoms with E-state index in [1.807, 2.05) is 31.2 Å². The highest BCUT2D eigenvalue weighted by molar-refractivity contribution is 7.80. The van der Waals surface area contributed by atoms with Crippen molar-refractivity contribution in [3.63, 3.8) is 0 Å². The molecule has 1 aromatic carbocycles. The highest BCUT2D eigenvalue weighted by Crippen LogP contribution is 2.19. The summed E-state index contributed by atoms with van der Waals surface area (Å²) in [4.78, 5) is 17.2. The number of aliphatic hydroxyl groups is 1. The van der Waals surface area contributed by atoms with Gasteiger partial charge in [-0.2, -0.15) is 0 Å². The van der Waals surface area contributed by atoms with Crippen molar-refractivity contribution >= 4 is 28.2 Å². The first-order valence-electron chi connectivity index (χ1n) is 9.64. The van der Waals surface area contributed by atoms with E-state index < -0.39 is 0 Å². The van der Waals surface area contributed by atoms with Gasteiger partial charge in [0.25, 0.3) is 5.56 Å². The topological polar surface area (TPSA) is 86.8 Å². The lowest BCUT2D eigenvalue weighted by Crippen LogP contribution is -2.44. The molecule has 1 fully saturated rings. The first-order chi connectivity index (χ1) is 13.6. The molecule has 1 saturated heterocycles.